The zero-order valence-corrected chi connectivity index (χ0v) is 21.1. The van der Waals surface area contributed by atoms with Gasteiger partial charge in [0.25, 0.3) is 0 Å². The lowest BCUT2D eigenvalue weighted by atomic mass is 9.66. The highest BCUT2D eigenvalue weighted by atomic mass is 35.5. The van der Waals surface area contributed by atoms with Crippen LogP contribution in [0.3, 0.4) is 0 Å². The summed E-state index contributed by atoms with van der Waals surface area (Å²) in [6.45, 7) is 8.89. The first kappa shape index (κ1) is 26.3. The Hall–Kier alpha value is -2.32. The van der Waals surface area contributed by atoms with Crippen molar-refractivity contribution >= 4 is 29.5 Å². The summed E-state index contributed by atoms with van der Waals surface area (Å²) in [7, 11) is 0. The summed E-state index contributed by atoms with van der Waals surface area (Å²) < 4.78 is 0. The molecule has 3 amide bonds. The van der Waals surface area contributed by atoms with Crippen LogP contribution < -0.4 is 5.32 Å². The predicted molar refractivity (Wildman–Crippen MR) is 129 cm³/mol. The molecule has 0 aromatic heterocycles. The first-order chi connectivity index (χ1) is 15.9. The van der Waals surface area contributed by atoms with Crippen LogP contribution in [0.5, 0.6) is 0 Å². The molecule has 0 bridgehead atoms. The van der Waals surface area contributed by atoms with E-state index in [1.54, 1.807) is 17.0 Å². The molecule has 2 saturated heterocycles. The van der Waals surface area contributed by atoms with Crippen LogP contribution in [-0.2, 0) is 15.2 Å². The summed E-state index contributed by atoms with van der Waals surface area (Å²) in [5.41, 5.74) is -0.984. The van der Waals surface area contributed by atoms with E-state index >= 15 is 0 Å². The third-order valence-electron chi connectivity index (χ3n) is 7.38. The van der Waals surface area contributed by atoms with Crippen molar-refractivity contribution in [3.63, 3.8) is 0 Å². The van der Waals surface area contributed by atoms with Gasteiger partial charge in [-0.25, -0.2) is 4.79 Å². The minimum absolute atomic E-state index is 0.143. The molecule has 8 nitrogen and oxygen atoms in total. The number of rotatable bonds is 5. The summed E-state index contributed by atoms with van der Waals surface area (Å²) in [5.74, 6) is -1.07. The van der Waals surface area contributed by atoms with Gasteiger partial charge in [0.2, 0.25) is 11.8 Å². The van der Waals surface area contributed by atoms with Crippen molar-refractivity contribution in [2.45, 2.75) is 58.6 Å². The van der Waals surface area contributed by atoms with Crippen LogP contribution in [0.4, 0.5) is 4.79 Å². The predicted octanol–water partition coefficient (Wildman–Crippen LogP) is 3.32. The molecule has 34 heavy (non-hydrogen) atoms. The molecule has 3 atom stereocenters. The zero-order valence-electron chi connectivity index (χ0n) is 20.4. The van der Waals surface area contributed by atoms with Gasteiger partial charge in [0.05, 0.1) is 11.5 Å². The molecule has 1 aromatic rings. The number of likely N-dealkylation sites (tertiary alicyclic amines) is 2. The van der Waals surface area contributed by atoms with Gasteiger partial charge >= 0.3 is 6.09 Å². The van der Waals surface area contributed by atoms with Gasteiger partial charge in [0.15, 0.2) is 0 Å². The number of carboxylic acid groups (broad SMARTS) is 1. The van der Waals surface area contributed by atoms with Gasteiger partial charge in [0, 0.05) is 36.6 Å². The summed E-state index contributed by atoms with van der Waals surface area (Å²) in [4.78, 5) is 40.8. The number of amides is 3. The number of piperidine rings is 2. The van der Waals surface area contributed by atoms with Crippen molar-refractivity contribution in [1.82, 2.24) is 15.1 Å². The maximum atomic E-state index is 13.5. The number of carbonyl (C=O) groups excluding carboxylic acids is 2. The molecule has 0 saturated carbocycles. The van der Waals surface area contributed by atoms with Gasteiger partial charge in [-0.15, -0.1) is 0 Å². The third-order valence-corrected chi connectivity index (χ3v) is 7.63. The molecule has 0 spiro atoms. The zero-order chi connectivity index (χ0) is 25.3. The fourth-order valence-electron chi connectivity index (χ4n) is 5.12. The Kier molecular flexibility index (Phi) is 7.82. The number of nitrogens with zero attached hydrogens (tertiary/aromatic N) is 2. The van der Waals surface area contributed by atoms with Crippen LogP contribution in [0.25, 0.3) is 0 Å². The second-order valence-electron chi connectivity index (χ2n) is 10.6. The number of nitrogens with one attached hydrogen (secondary N) is 1. The van der Waals surface area contributed by atoms with Gasteiger partial charge in [-0.2, -0.15) is 0 Å². The third kappa shape index (κ3) is 5.33. The minimum atomic E-state index is -1.12. The van der Waals surface area contributed by atoms with Gasteiger partial charge in [-0.05, 0) is 42.9 Å². The second kappa shape index (κ2) is 10.1. The maximum absolute atomic E-state index is 13.5. The van der Waals surface area contributed by atoms with E-state index in [-0.39, 0.29) is 24.3 Å². The van der Waals surface area contributed by atoms with Crippen molar-refractivity contribution in [2.75, 3.05) is 26.2 Å². The standard InChI is InChI=1S/C25H36ClN3O5/c1-16(2)20(27-21(30)17-6-5-12-28(14-17)23(32)33)22(31)29-13-11-25(34,24(3,4)15-29)18-7-9-19(26)10-8-18/h7-10,16-17,20,34H,5-6,11-15H2,1-4H3,(H,27,30)(H,32,33)/t17?,20-,25+/m1/s1. The van der Waals surface area contributed by atoms with E-state index < -0.39 is 29.1 Å². The molecule has 0 aliphatic carbocycles. The fraction of sp³-hybridized carbons (Fsp3) is 0.640. The Balaban J connectivity index is 1.71. The van der Waals surface area contributed by atoms with Crippen molar-refractivity contribution in [3.05, 3.63) is 34.9 Å². The molecule has 2 fully saturated rings. The van der Waals surface area contributed by atoms with Crippen LogP contribution in [0.15, 0.2) is 24.3 Å². The molecule has 2 aliphatic heterocycles. The highest BCUT2D eigenvalue weighted by molar-refractivity contribution is 6.30. The maximum Gasteiger partial charge on any atom is 0.407 e. The molecule has 2 aliphatic rings. The van der Waals surface area contributed by atoms with E-state index in [2.05, 4.69) is 5.32 Å². The van der Waals surface area contributed by atoms with Crippen LogP contribution in [-0.4, -0.2) is 70.1 Å². The number of carbonyl (C=O) groups is 3. The van der Waals surface area contributed by atoms with Crippen LogP contribution in [0.1, 0.15) is 52.5 Å². The Bertz CT molecular complexity index is 920. The van der Waals surface area contributed by atoms with Crippen LogP contribution in [0, 0.1) is 17.3 Å². The first-order valence-corrected chi connectivity index (χ1v) is 12.3. The topological polar surface area (TPSA) is 110 Å². The summed E-state index contributed by atoms with van der Waals surface area (Å²) in [5, 5.41) is 24.3. The van der Waals surface area contributed by atoms with Gasteiger partial charge < -0.3 is 25.3 Å². The quantitative estimate of drug-likeness (QED) is 0.582. The number of benzene rings is 1. The lowest BCUT2D eigenvalue weighted by Crippen LogP contribution is -2.61. The van der Waals surface area contributed by atoms with E-state index in [1.165, 1.54) is 4.90 Å². The fourth-order valence-corrected chi connectivity index (χ4v) is 5.24. The molecule has 2 heterocycles. The smallest absolute Gasteiger partial charge is 0.407 e. The Morgan fingerprint density at radius 3 is 2.32 bits per heavy atom. The van der Waals surface area contributed by atoms with Crippen molar-refractivity contribution in [3.8, 4) is 0 Å². The molecule has 3 rings (SSSR count). The minimum Gasteiger partial charge on any atom is -0.465 e. The monoisotopic (exact) mass is 493 g/mol. The summed E-state index contributed by atoms with van der Waals surface area (Å²) in [6.07, 6.45) is 0.550. The van der Waals surface area contributed by atoms with Crippen LogP contribution >= 0.6 is 11.6 Å². The highest BCUT2D eigenvalue weighted by Crippen LogP contribution is 2.46. The van der Waals surface area contributed by atoms with E-state index in [4.69, 9.17) is 11.6 Å². The normalized spacial score (nSPS) is 25.7. The average Bonchev–Trinajstić information content (AvgIpc) is 2.78. The second-order valence-corrected chi connectivity index (χ2v) is 11.0. The summed E-state index contributed by atoms with van der Waals surface area (Å²) in [6, 6.07) is 6.44. The van der Waals surface area contributed by atoms with E-state index in [1.807, 2.05) is 39.8 Å². The van der Waals surface area contributed by atoms with Crippen molar-refractivity contribution in [1.29, 1.82) is 0 Å². The SMILES string of the molecule is CC(C)[C@@H](NC(=O)C1CCCN(C(=O)O)C1)C(=O)N1CC[C@](O)(c2ccc(Cl)cc2)C(C)(C)C1. The Morgan fingerprint density at radius 2 is 1.76 bits per heavy atom. The van der Waals surface area contributed by atoms with Crippen molar-refractivity contribution in [2.24, 2.45) is 17.3 Å². The molecule has 0 radical (unpaired) electrons. The van der Waals surface area contributed by atoms with E-state index in [9.17, 15) is 24.6 Å². The molecule has 1 aromatic carbocycles. The lowest BCUT2D eigenvalue weighted by molar-refractivity contribution is -0.157. The van der Waals surface area contributed by atoms with Gasteiger partial charge in [0.1, 0.15) is 6.04 Å². The first-order valence-electron chi connectivity index (χ1n) is 11.9. The van der Waals surface area contributed by atoms with E-state index in [0.717, 1.165) is 5.56 Å². The highest BCUT2D eigenvalue weighted by Gasteiger charge is 2.50. The van der Waals surface area contributed by atoms with Gasteiger partial charge in [-0.3, -0.25) is 9.59 Å². The molecule has 1 unspecified atom stereocenters. The number of hydrogen-bond donors (Lipinski definition) is 3. The number of aliphatic hydroxyl groups is 1. The van der Waals surface area contributed by atoms with Crippen LogP contribution in [0.2, 0.25) is 5.02 Å². The molecular formula is C25H36ClN3O5. The molecule has 3 N–H and O–H groups in total. The molecule has 188 valence electrons. The van der Waals surface area contributed by atoms with Crippen molar-refractivity contribution < 1.29 is 24.6 Å². The lowest BCUT2D eigenvalue weighted by Gasteiger charge is -2.51. The molecular weight excluding hydrogens is 458 g/mol. The molecule has 9 heteroatoms. The largest absolute Gasteiger partial charge is 0.465 e. The van der Waals surface area contributed by atoms with Gasteiger partial charge in [-0.1, -0.05) is 51.4 Å². The average molecular weight is 494 g/mol. The number of halogens is 1. The Labute approximate surface area is 206 Å². The summed E-state index contributed by atoms with van der Waals surface area (Å²) >= 11 is 6.02. The number of hydrogen-bond acceptors (Lipinski definition) is 4. The Morgan fingerprint density at radius 1 is 1.12 bits per heavy atom. The van der Waals surface area contributed by atoms with E-state index in [0.29, 0.717) is 43.9 Å².